The minimum Gasteiger partial charge on any atom is -0.493 e. The second-order valence-electron chi connectivity index (χ2n) is 7.88. The standard InChI is InChI=1S/C21H28N4O4/c1-14-20(23-29-22-14)17-5-4-10-25(17)21(26)15-6-7-18(19(13-15)27-3)28-16-8-11-24(2)12-9-16/h6-7,13,16-17H,4-5,8-12H2,1-3H3. The van der Waals surface area contributed by atoms with Crippen LogP contribution in [0.25, 0.3) is 0 Å². The molecule has 0 spiro atoms. The Hall–Kier alpha value is -2.61. The van der Waals surface area contributed by atoms with Crippen LogP contribution in [0.5, 0.6) is 11.5 Å². The zero-order valence-electron chi connectivity index (χ0n) is 17.3. The second-order valence-corrected chi connectivity index (χ2v) is 7.88. The van der Waals surface area contributed by atoms with E-state index in [1.807, 2.05) is 24.0 Å². The van der Waals surface area contributed by atoms with E-state index in [2.05, 4.69) is 22.3 Å². The van der Waals surface area contributed by atoms with Gasteiger partial charge in [0.05, 0.1) is 13.2 Å². The number of piperidine rings is 1. The van der Waals surface area contributed by atoms with E-state index in [9.17, 15) is 4.79 Å². The Bertz CT molecular complexity index is 860. The van der Waals surface area contributed by atoms with Gasteiger partial charge in [0.15, 0.2) is 11.5 Å². The molecule has 3 heterocycles. The van der Waals surface area contributed by atoms with Gasteiger partial charge < -0.3 is 19.3 Å². The molecule has 8 nitrogen and oxygen atoms in total. The van der Waals surface area contributed by atoms with Crippen molar-refractivity contribution in [1.29, 1.82) is 0 Å². The molecule has 1 aromatic carbocycles. The van der Waals surface area contributed by atoms with Crippen LogP contribution in [0.3, 0.4) is 0 Å². The minimum absolute atomic E-state index is 0.0426. The predicted molar refractivity (Wildman–Crippen MR) is 106 cm³/mol. The molecule has 4 rings (SSSR count). The molecule has 2 saturated heterocycles. The number of aromatic nitrogens is 2. The maximum absolute atomic E-state index is 13.2. The SMILES string of the molecule is COc1cc(C(=O)N2CCCC2c2nonc2C)ccc1OC1CCN(C)CC1. The van der Waals surface area contributed by atoms with Crippen molar-refractivity contribution in [1.82, 2.24) is 20.1 Å². The second kappa shape index (κ2) is 8.41. The number of carbonyl (C=O) groups excluding carboxylic acids is 1. The van der Waals surface area contributed by atoms with Gasteiger partial charge in [0.25, 0.3) is 5.91 Å². The Morgan fingerprint density at radius 2 is 1.93 bits per heavy atom. The normalized spacial score (nSPS) is 20.8. The van der Waals surface area contributed by atoms with Crippen molar-refractivity contribution in [3.63, 3.8) is 0 Å². The lowest BCUT2D eigenvalue weighted by Gasteiger charge is -2.30. The van der Waals surface area contributed by atoms with Gasteiger partial charge in [-0.15, -0.1) is 0 Å². The van der Waals surface area contributed by atoms with Crippen molar-refractivity contribution >= 4 is 5.91 Å². The Kier molecular flexibility index (Phi) is 5.71. The average molecular weight is 400 g/mol. The van der Waals surface area contributed by atoms with Crippen molar-refractivity contribution < 1.29 is 18.9 Å². The third-order valence-electron chi connectivity index (χ3n) is 5.89. The molecule has 2 fully saturated rings. The van der Waals surface area contributed by atoms with Crippen LogP contribution in [0.1, 0.15) is 53.5 Å². The van der Waals surface area contributed by atoms with Crippen LogP contribution in [-0.4, -0.2) is 65.9 Å². The number of hydrogen-bond donors (Lipinski definition) is 0. The number of nitrogens with zero attached hydrogens (tertiary/aromatic N) is 4. The smallest absolute Gasteiger partial charge is 0.254 e. The van der Waals surface area contributed by atoms with Crippen LogP contribution in [-0.2, 0) is 0 Å². The van der Waals surface area contributed by atoms with Gasteiger partial charge >= 0.3 is 0 Å². The molecule has 1 atom stereocenters. The summed E-state index contributed by atoms with van der Waals surface area (Å²) in [5.41, 5.74) is 2.05. The Morgan fingerprint density at radius 3 is 2.62 bits per heavy atom. The van der Waals surface area contributed by atoms with Gasteiger partial charge in [-0.25, -0.2) is 4.63 Å². The van der Waals surface area contributed by atoms with Gasteiger partial charge in [-0.05, 0) is 57.9 Å². The first-order valence-electron chi connectivity index (χ1n) is 10.2. The third-order valence-corrected chi connectivity index (χ3v) is 5.89. The molecule has 2 aliphatic heterocycles. The number of carbonyl (C=O) groups is 1. The molecule has 0 N–H and O–H groups in total. The maximum Gasteiger partial charge on any atom is 0.254 e. The molecular weight excluding hydrogens is 372 g/mol. The van der Waals surface area contributed by atoms with Crippen molar-refractivity contribution in [3.05, 3.63) is 35.2 Å². The molecule has 0 radical (unpaired) electrons. The van der Waals surface area contributed by atoms with Gasteiger partial charge in [0.1, 0.15) is 17.5 Å². The highest BCUT2D eigenvalue weighted by Crippen LogP contribution is 2.35. The van der Waals surface area contributed by atoms with Gasteiger partial charge in [-0.3, -0.25) is 4.79 Å². The maximum atomic E-state index is 13.2. The molecule has 1 unspecified atom stereocenters. The van der Waals surface area contributed by atoms with E-state index in [0.717, 1.165) is 50.2 Å². The van der Waals surface area contributed by atoms with E-state index in [-0.39, 0.29) is 18.1 Å². The Morgan fingerprint density at radius 1 is 1.14 bits per heavy atom. The van der Waals surface area contributed by atoms with E-state index in [1.54, 1.807) is 13.2 Å². The van der Waals surface area contributed by atoms with Crippen molar-refractivity contribution in [2.24, 2.45) is 0 Å². The van der Waals surface area contributed by atoms with E-state index in [4.69, 9.17) is 14.1 Å². The van der Waals surface area contributed by atoms with Crippen molar-refractivity contribution in [2.75, 3.05) is 33.8 Å². The van der Waals surface area contributed by atoms with Crippen LogP contribution in [0, 0.1) is 6.92 Å². The van der Waals surface area contributed by atoms with Crippen molar-refractivity contribution in [2.45, 2.75) is 44.8 Å². The number of rotatable bonds is 5. The van der Waals surface area contributed by atoms with Gasteiger partial charge in [0, 0.05) is 25.2 Å². The molecule has 1 aromatic heterocycles. The lowest BCUT2D eigenvalue weighted by Crippen LogP contribution is -2.35. The molecule has 2 aliphatic rings. The molecule has 0 bridgehead atoms. The summed E-state index contributed by atoms with van der Waals surface area (Å²) in [5.74, 6) is 1.23. The third kappa shape index (κ3) is 4.07. The average Bonchev–Trinajstić information content (AvgIpc) is 3.38. The van der Waals surface area contributed by atoms with Crippen LogP contribution >= 0.6 is 0 Å². The number of hydrogen-bond acceptors (Lipinski definition) is 7. The molecular formula is C21H28N4O4. The minimum atomic E-state index is -0.102. The summed E-state index contributed by atoms with van der Waals surface area (Å²) >= 11 is 0. The highest BCUT2D eigenvalue weighted by Gasteiger charge is 2.34. The van der Waals surface area contributed by atoms with Crippen LogP contribution in [0.4, 0.5) is 0 Å². The first-order chi connectivity index (χ1) is 14.1. The van der Waals surface area contributed by atoms with Crippen LogP contribution < -0.4 is 9.47 Å². The van der Waals surface area contributed by atoms with E-state index < -0.39 is 0 Å². The van der Waals surface area contributed by atoms with Gasteiger partial charge in [-0.1, -0.05) is 10.3 Å². The lowest BCUT2D eigenvalue weighted by molar-refractivity contribution is 0.0729. The number of ether oxygens (including phenoxy) is 2. The van der Waals surface area contributed by atoms with Gasteiger partial charge in [-0.2, -0.15) is 0 Å². The number of methoxy groups -OCH3 is 1. The fourth-order valence-corrected chi connectivity index (χ4v) is 4.18. The summed E-state index contributed by atoms with van der Waals surface area (Å²) in [6.07, 6.45) is 3.93. The summed E-state index contributed by atoms with van der Waals surface area (Å²) in [4.78, 5) is 17.4. The molecule has 0 aliphatic carbocycles. The number of amides is 1. The molecule has 8 heteroatoms. The monoisotopic (exact) mass is 400 g/mol. The summed E-state index contributed by atoms with van der Waals surface area (Å²) in [6, 6.07) is 5.34. The van der Waals surface area contributed by atoms with E-state index in [0.29, 0.717) is 23.6 Å². The summed E-state index contributed by atoms with van der Waals surface area (Å²) in [5, 5.41) is 7.88. The fraction of sp³-hybridized carbons (Fsp3) is 0.571. The predicted octanol–water partition coefficient (Wildman–Crippen LogP) is 2.84. The number of aryl methyl sites for hydroxylation is 1. The molecule has 0 saturated carbocycles. The molecule has 1 amide bonds. The lowest BCUT2D eigenvalue weighted by atomic mass is 10.1. The zero-order valence-corrected chi connectivity index (χ0v) is 17.3. The largest absolute Gasteiger partial charge is 0.493 e. The number of likely N-dealkylation sites (tertiary alicyclic amines) is 2. The van der Waals surface area contributed by atoms with Gasteiger partial charge in [0.2, 0.25) is 0 Å². The van der Waals surface area contributed by atoms with E-state index in [1.165, 1.54) is 0 Å². The Balaban J connectivity index is 1.51. The Labute approximate surface area is 170 Å². The molecule has 29 heavy (non-hydrogen) atoms. The fourth-order valence-electron chi connectivity index (χ4n) is 4.18. The van der Waals surface area contributed by atoms with Crippen LogP contribution in [0.15, 0.2) is 22.8 Å². The zero-order chi connectivity index (χ0) is 20.4. The summed E-state index contributed by atoms with van der Waals surface area (Å²) in [6.45, 7) is 4.59. The highest BCUT2D eigenvalue weighted by atomic mass is 16.6. The first kappa shape index (κ1) is 19.7. The van der Waals surface area contributed by atoms with Crippen LogP contribution in [0.2, 0.25) is 0 Å². The van der Waals surface area contributed by atoms with E-state index >= 15 is 0 Å². The quantitative estimate of drug-likeness (QED) is 0.763. The number of benzene rings is 1. The molecule has 156 valence electrons. The molecule has 2 aromatic rings. The summed E-state index contributed by atoms with van der Waals surface area (Å²) in [7, 11) is 3.73. The summed E-state index contributed by atoms with van der Waals surface area (Å²) < 4.78 is 16.6. The first-order valence-corrected chi connectivity index (χ1v) is 10.2. The highest BCUT2D eigenvalue weighted by molar-refractivity contribution is 5.95. The van der Waals surface area contributed by atoms with Crippen molar-refractivity contribution in [3.8, 4) is 11.5 Å². The topological polar surface area (TPSA) is 80.9 Å².